The fourth-order valence-corrected chi connectivity index (χ4v) is 4.59. The molecular formula is C19H21NO4P+. The fraction of sp³-hybridized carbons (Fsp3) is 0.316. The third kappa shape index (κ3) is 4.06. The highest BCUT2D eigenvalue weighted by atomic mass is 31.1. The van der Waals surface area contributed by atoms with Crippen LogP contribution in [0.25, 0.3) is 11.1 Å². The molecule has 0 saturated carbocycles. The van der Waals surface area contributed by atoms with E-state index in [1.54, 1.807) is 7.11 Å². The Morgan fingerprint density at radius 3 is 2.84 bits per heavy atom. The van der Waals surface area contributed by atoms with Crippen molar-refractivity contribution in [1.82, 2.24) is 4.90 Å². The molecule has 6 heteroatoms. The van der Waals surface area contributed by atoms with Gasteiger partial charge in [0.2, 0.25) is 0 Å². The number of carbonyl (C=O) groups is 1. The maximum absolute atomic E-state index is 11.9. The molecule has 2 unspecified atom stereocenters. The second kappa shape index (κ2) is 7.77. The lowest BCUT2D eigenvalue weighted by atomic mass is 9.99. The van der Waals surface area contributed by atoms with Gasteiger partial charge < -0.3 is 9.84 Å². The van der Waals surface area contributed by atoms with Crippen LogP contribution in [0.3, 0.4) is 0 Å². The molecule has 2 aromatic carbocycles. The minimum absolute atomic E-state index is 0.330. The van der Waals surface area contributed by atoms with Crippen LogP contribution < -0.4 is 4.74 Å². The summed E-state index contributed by atoms with van der Waals surface area (Å²) in [5.41, 5.74) is 2.51. The summed E-state index contributed by atoms with van der Waals surface area (Å²) in [5.74, 6) is -0.167. The van der Waals surface area contributed by atoms with E-state index >= 15 is 0 Å². The quantitative estimate of drug-likeness (QED) is 0.829. The van der Waals surface area contributed by atoms with Gasteiger partial charge in [-0.2, -0.15) is 0 Å². The first-order valence-corrected chi connectivity index (χ1v) is 9.71. The smallest absolute Gasteiger partial charge is 0.357 e. The SMILES string of the molecule is COc1cccc(-c2ccccc2CN2CC[P+](=O)C(C(=O)O)C2)c1. The largest absolute Gasteiger partial charge is 0.497 e. The van der Waals surface area contributed by atoms with E-state index in [0.717, 1.165) is 22.4 Å². The maximum Gasteiger partial charge on any atom is 0.357 e. The number of carboxylic acid groups (broad SMARTS) is 1. The number of hydrogen-bond donors (Lipinski definition) is 1. The van der Waals surface area contributed by atoms with E-state index < -0.39 is 19.4 Å². The summed E-state index contributed by atoms with van der Waals surface area (Å²) < 4.78 is 17.2. The molecule has 0 aliphatic carbocycles. The Labute approximate surface area is 148 Å². The predicted octanol–water partition coefficient (Wildman–Crippen LogP) is 3.46. The van der Waals surface area contributed by atoms with Crippen molar-refractivity contribution in [2.75, 3.05) is 26.4 Å². The van der Waals surface area contributed by atoms with Gasteiger partial charge in [0, 0.05) is 13.1 Å². The molecular weight excluding hydrogens is 337 g/mol. The third-order valence-electron chi connectivity index (χ3n) is 4.49. The first-order chi connectivity index (χ1) is 12.1. The second-order valence-corrected chi connectivity index (χ2v) is 8.02. The number of benzene rings is 2. The van der Waals surface area contributed by atoms with E-state index in [1.165, 1.54) is 0 Å². The number of hydrogen-bond acceptors (Lipinski definition) is 4. The van der Waals surface area contributed by atoms with Crippen LogP contribution in [0.4, 0.5) is 0 Å². The Hall–Kier alpha value is -2.23. The Morgan fingerprint density at radius 2 is 2.08 bits per heavy atom. The minimum Gasteiger partial charge on any atom is -0.497 e. The van der Waals surface area contributed by atoms with Crippen molar-refractivity contribution in [2.45, 2.75) is 12.2 Å². The zero-order valence-electron chi connectivity index (χ0n) is 14.1. The number of rotatable bonds is 5. The molecule has 1 aliphatic heterocycles. The van der Waals surface area contributed by atoms with E-state index in [-0.39, 0.29) is 0 Å². The van der Waals surface area contributed by atoms with Crippen molar-refractivity contribution < 1.29 is 19.2 Å². The maximum atomic E-state index is 11.9. The van der Waals surface area contributed by atoms with Crippen LogP contribution in [0.2, 0.25) is 0 Å². The van der Waals surface area contributed by atoms with Crippen LogP contribution in [0.15, 0.2) is 48.5 Å². The predicted molar refractivity (Wildman–Crippen MR) is 97.6 cm³/mol. The van der Waals surface area contributed by atoms with Crippen LogP contribution in [0.1, 0.15) is 5.56 Å². The summed E-state index contributed by atoms with van der Waals surface area (Å²) in [6.07, 6.45) is 0.438. The van der Waals surface area contributed by atoms with E-state index in [9.17, 15) is 14.5 Å². The van der Waals surface area contributed by atoms with Crippen molar-refractivity contribution in [3.63, 3.8) is 0 Å². The first-order valence-electron chi connectivity index (χ1n) is 8.19. The van der Waals surface area contributed by atoms with Crippen molar-refractivity contribution >= 4 is 13.8 Å². The molecule has 1 heterocycles. The molecule has 1 saturated heterocycles. The molecule has 25 heavy (non-hydrogen) atoms. The van der Waals surface area contributed by atoms with Gasteiger partial charge in [0.15, 0.2) is 6.16 Å². The first kappa shape index (κ1) is 17.6. The molecule has 1 fully saturated rings. The van der Waals surface area contributed by atoms with Gasteiger partial charge in [0.25, 0.3) is 5.66 Å². The minimum atomic E-state index is -1.66. The van der Waals surface area contributed by atoms with Crippen LogP contribution in [0, 0.1) is 0 Å². The molecule has 0 bridgehead atoms. The molecule has 0 radical (unpaired) electrons. The van der Waals surface area contributed by atoms with Crippen LogP contribution in [-0.2, 0) is 15.9 Å². The molecule has 1 N–H and O–H groups in total. The molecule has 3 rings (SSSR count). The summed E-state index contributed by atoms with van der Waals surface area (Å²) in [7, 11) is -0.0168. The van der Waals surface area contributed by atoms with Crippen LogP contribution in [0.5, 0.6) is 5.75 Å². The van der Waals surface area contributed by atoms with E-state index in [1.807, 2.05) is 36.4 Å². The summed E-state index contributed by atoms with van der Waals surface area (Å²) >= 11 is 0. The normalized spacial score (nSPS) is 19.6. The second-order valence-electron chi connectivity index (χ2n) is 6.12. The molecule has 0 aromatic heterocycles. The zero-order chi connectivity index (χ0) is 17.8. The standard InChI is InChI=1S/C19H20NO4P/c1-24-16-7-4-6-14(11-16)17-8-3-2-5-15(17)12-20-9-10-25(23)18(13-20)19(21)22/h2-8,11,18H,9-10,12-13H2,1H3/p+1. The molecule has 2 atom stereocenters. The molecule has 5 nitrogen and oxygen atoms in total. The monoisotopic (exact) mass is 358 g/mol. The highest BCUT2D eigenvalue weighted by Crippen LogP contribution is 2.34. The van der Waals surface area contributed by atoms with Crippen molar-refractivity contribution in [2.24, 2.45) is 0 Å². The van der Waals surface area contributed by atoms with Crippen molar-refractivity contribution in [1.29, 1.82) is 0 Å². The topological polar surface area (TPSA) is 66.8 Å². The summed E-state index contributed by atoms with van der Waals surface area (Å²) in [6.45, 7) is 1.63. The van der Waals surface area contributed by atoms with Gasteiger partial charge >= 0.3 is 13.8 Å². The molecule has 130 valence electrons. The Bertz CT molecular complexity index is 792. The van der Waals surface area contributed by atoms with E-state index in [2.05, 4.69) is 17.0 Å². The van der Waals surface area contributed by atoms with Gasteiger partial charge in [-0.25, -0.2) is 4.79 Å². The molecule has 2 aromatic rings. The van der Waals surface area contributed by atoms with Crippen molar-refractivity contribution in [3.8, 4) is 16.9 Å². The van der Waals surface area contributed by atoms with Gasteiger partial charge in [-0.05, 0) is 28.8 Å². The Balaban J connectivity index is 1.84. The number of methoxy groups -OCH3 is 1. The average Bonchev–Trinajstić information content (AvgIpc) is 2.63. The van der Waals surface area contributed by atoms with Gasteiger partial charge in [-0.15, -0.1) is 0 Å². The highest BCUT2D eigenvalue weighted by Gasteiger charge is 2.42. The summed E-state index contributed by atoms with van der Waals surface area (Å²) in [5, 5.41) is 9.26. The zero-order valence-corrected chi connectivity index (χ0v) is 15.0. The number of ether oxygens (including phenoxy) is 1. The van der Waals surface area contributed by atoms with Crippen LogP contribution in [-0.4, -0.2) is 48.0 Å². The van der Waals surface area contributed by atoms with Crippen LogP contribution >= 0.6 is 7.80 Å². The number of carboxylic acids is 1. The molecule has 0 amide bonds. The number of aliphatic carboxylic acids is 1. The summed E-state index contributed by atoms with van der Waals surface area (Å²) in [6, 6.07) is 16.0. The lowest BCUT2D eigenvalue weighted by Crippen LogP contribution is -2.40. The van der Waals surface area contributed by atoms with Gasteiger partial charge in [-0.1, -0.05) is 41.0 Å². The van der Waals surface area contributed by atoms with Gasteiger partial charge in [0.05, 0.1) is 13.7 Å². The highest BCUT2D eigenvalue weighted by molar-refractivity contribution is 7.46. The fourth-order valence-electron chi connectivity index (χ4n) is 3.14. The molecule has 0 spiro atoms. The Kier molecular flexibility index (Phi) is 5.47. The average molecular weight is 358 g/mol. The molecule has 1 aliphatic rings. The number of nitrogens with zero attached hydrogens (tertiary/aromatic N) is 1. The van der Waals surface area contributed by atoms with E-state index in [4.69, 9.17) is 4.74 Å². The van der Waals surface area contributed by atoms with Crippen molar-refractivity contribution in [3.05, 3.63) is 54.1 Å². The third-order valence-corrected chi connectivity index (χ3v) is 6.21. The summed E-state index contributed by atoms with van der Waals surface area (Å²) in [4.78, 5) is 13.4. The van der Waals surface area contributed by atoms with Gasteiger partial charge in [-0.3, -0.25) is 4.90 Å². The lowest BCUT2D eigenvalue weighted by Gasteiger charge is -2.25. The van der Waals surface area contributed by atoms with E-state index in [0.29, 0.717) is 25.8 Å². The lowest BCUT2D eigenvalue weighted by molar-refractivity contribution is -0.137. The van der Waals surface area contributed by atoms with Gasteiger partial charge in [0.1, 0.15) is 5.75 Å². The Morgan fingerprint density at radius 1 is 1.28 bits per heavy atom.